The van der Waals surface area contributed by atoms with Gasteiger partial charge in [0.15, 0.2) is 17.5 Å². The molecule has 0 fully saturated rings. The van der Waals surface area contributed by atoms with Crippen LogP contribution in [0, 0.1) is 17.1 Å². The number of hydrogen-bond acceptors (Lipinski definition) is 7. The summed E-state index contributed by atoms with van der Waals surface area (Å²) in [7, 11) is 0. The van der Waals surface area contributed by atoms with Gasteiger partial charge in [-0.2, -0.15) is 5.26 Å². The highest BCUT2D eigenvalue weighted by atomic mass is 19.1. The maximum Gasteiger partial charge on any atom is 0.306 e. The maximum absolute atomic E-state index is 14.7. The summed E-state index contributed by atoms with van der Waals surface area (Å²) in [6, 6.07) is 12.4. The molecule has 0 saturated carbocycles. The second-order valence-corrected chi connectivity index (χ2v) is 9.46. The first-order valence-electron chi connectivity index (χ1n) is 10.7. The number of hydrogen-bond donors (Lipinski definition) is 2. The minimum absolute atomic E-state index is 0.00635. The van der Waals surface area contributed by atoms with Gasteiger partial charge >= 0.3 is 5.97 Å². The molecule has 2 aromatic heterocycles. The normalized spacial score (nSPS) is 11.7. The first-order chi connectivity index (χ1) is 15.5. The van der Waals surface area contributed by atoms with E-state index >= 15 is 0 Å². The number of carbonyl (C=O) groups is 1. The Labute approximate surface area is 193 Å². The van der Waals surface area contributed by atoms with Gasteiger partial charge in [-0.3, -0.25) is 9.78 Å². The third-order valence-corrected chi connectivity index (χ3v) is 4.79. The fourth-order valence-corrected chi connectivity index (χ4v) is 3.24. The van der Waals surface area contributed by atoms with E-state index in [1.54, 1.807) is 6.20 Å². The van der Waals surface area contributed by atoms with Crippen LogP contribution in [0.4, 0.5) is 21.7 Å². The molecule has 3 rings (SSSR count). The number of halogens is 1. The van der Waals surface area contributed by atoms with Gasteiger partial charge < -0.3 is 15.4 Å². The lowest BCUT2D eigenvalue weighted by atomic mass is 9.98. The molecule has 1 aromatic carbocycles. The number of pyridine rings is 2. The number of fused-ring (bicyclic) bond motifs is 1. The van der Waals surface area contributed by atoms with Crippen molar-refractivity contribution in [3.8, 4) is 6.07 Å². The predicted octanol–water partition coefficient (Wildman–Crippen LogP) is 5.70. The Kier molecular flexibility index (Phi) is 6.82. The lowest BCUT2D eigenvalue weighted by Gasteiger charge is -2.28. The zero-order valence-electron chi connectivity index (χ0n) is 19.5. The summed E-state index contributed by atoms with van der Waals surface area (Å²) >= 11 is 0. The fourth-order valence-electron chi connectivity index (χ4n) is 3.24. The van der Waals surface area contributed by atoms with E-state index in [9.17, 15) is 14.4 Å². The van der Waals surface area contributed by atoms with Crippen LogP contribution in [0.3, 0.4) is 0 Å². The third kappa shape index (κ3) is 6.62. The van der Waals surface area contributed by atoms with Gasteiger partial charge in [0.2, 0.25) is 0 Å². The van der Waals surface area contributed by atoms with Crippen LogP contribution in [0.2, 0.25) is 0 Å². The summed E-state index contributed by atoms with van der Waals surface area (Å²) in [4.78, 5) is 20.7. The first-order valence-corrected chi connectivity index (χ1v) is 10.7. The van der Waals surface area contributed by atoms with Crippen molar-refractivity contribution >= 4 is 34.2 Å². The molecule has 2 heterocycles. The molecule has 2 N–H and O–H groups in total. The van der Waals surface area contributed by atoms with Crippen molar-refractivity contribution in [1.29, 1.82) is 5.26 Å². The molecule has 8 heteroatoms. The number of nitriles is 1. The Balaban J connectivity index is 1.79. The molecule has 0 atom stereocenters. The Bertz CT molecular complexity index is 1210. The molecule has 0 aliphatic rings. The second kappa shape index (κ2) is 9.41. The van der Waals surface area contributed by atoms with E-state index in [4.69, 9.17) is 4.74 Å². The third-order valence-electron chi connectivity index (χ3n) is 4.79. The number of esters is 1. The lowest BCUT2D eigenvalue weighted by Crippen LogP contribution is -2.33. The average molecular weight is 450 g/mol. The summed E-state index contributed by atoms with van der Waals surface area (Å²) in [5.74, 6) is -0.746. The van der Waals surface area contributed by atoms with Crippen molar-refractivity contribution in [2.24, 2.45) is 0 Å². The van der Waals surface area contributed by atoms with Crippen LogP contribution < -0.4 is 10.6 Å². The summed E-state index contributed by atoms with van der Waals surface area (Å²) in [5.41, 5.74) is 0.404. The van der Waals surface area contributed by atoms with Crippen molar-refractivity contribution in [2.45, 2.75) is 58.6 Å². The molecule has 0 aliphatic carbocycles. The zero-order valence-corrected chi connectivity index (χ0v) is 19.5. The van der Waals surface area contributed by atoms with E-state index < -0.39 is 17.0 Å². The second-order valence-electron chi connectivity index (χ2n) is 9.46. The highest BCUT2D eigenvalue weighted by Crippen LogP contribution is 2.28. The Morgan fingerprint density at radius 2 is 1.91 bits per heavy atom. The number of carbonyl (C=O) groups excluding carboxylic acids is 1. The van der Waals surface area contributed by atoms with Crippen molar-refractivity contribution < 1.29 is 13.9 Å². The van der Waals surface area contributed by atoms with E-state index in [-0.39, 0.29) is 29.6 Å². The Morgan fingerprint density at radius 3 is 2.61 bits per heavy atom. The number of benzene rings is 1. The number of ether oxygens (including phenoxy) is 1. The number of nitrogens with one attached hydrogen (secondary N) is 2. The van der Waals surface area contributed by atoms with Crippen molar-refractivity contribution in [1.82, 2.24) is 9.97 Å². The molecule has 0 bridgehead atoms. The van der Waals surface area contributed by atoms with Crippen LogP contribution in [0.25, 0.3) is 10.9 Å². The van der Waals surface area contributed by atoms with Crippen LogP contribution in [0.5, 0.6) is 0 Å². The molecule has 3 aromatic rings. The van der Waals surface area contributed by atoms with Crippen molar-refractivity contribution in [3.63, 3.8) is 0 Å². The Hall–Kier alpha value is -3.73. The van der Waals surface area contributed by atoms with Gasteiger partial charge in [0.25, 0.3) is 0 Å². The minimum Gasteiger partial charge on any atom is -0.460 e. The maximum atomic E-state index is 14.7. The Morgan fingerprint density at radius 1 is 1.15 bits per heavy atom. The lowest BCUT2D eigenvalue weighted by molar-refractivity contribution is -0.155. The highest BCUT2D eigenvalue weighted by Gasteiger charge is 2.24. The van der Waals surface area contributed by atoms with Gasteiger partial charge in [-0.05, 0) is 71.4 Å². The number of anilines is 3. The van der Waals surface area contributed by atoms with E-state index in [0.717, 1.165) is 17.0 Å². The molecular weight excluding hydrogens is 421 g/mol. The fraction of sp³-hybridized carbons (Fsp3) is 0.360. The molecule has 0 saturated heterocycles. The SMILES string of the molecule is CC(C)(CCC(=O)OC(C)(C)C)Nc1nc(Nc2ccc3ncccc3c2)c(C#N)cc1F. The molecule has 0 amide bonds. The molecule has 0 aliphatic heterocycles. The molecule has 0 spiro atoms. The minimum atomic E-state index is -0.648. The van der Waals surface area contributed by atoms with Gasteiger partial charge in [-0.1, -0.05) is 6.07 Å². The van der Waals surface area contributed by atoms with Gasteiger partial charge in [0, 0.05) is 29.2 Å². The molecule has 7 nitrogen and oxygen atoms in total. The van der Waals surface area contributed by atoms with E-state index in [0.29, 0.717) is 12.1 Å². The standard InChI is InChI=1S/C25H28FN5O2/c1-24(2,3)33-21(32)10-11-25(4,5)31-23-19(26)14-17(15-27)22(30-23)29-18-8-9-20-16(13-18)7-6-12-28-20/h6-9,12-14H,10-11H2,1-5H3,(H2,29,30,31). The molecule has 33 heavy (non-hydrogen) atoms. The monoisotopic (exact) mass is 449 g/mol. The zero-order chi connectivity index (χ0) is 24.2. The van der Waals surface area contributed by atoms with E-state index in [2.05, 4.69) is 20.6 Å². The smallest absolute Gasteiger partial charge is 0.306 e. The van der Waals surface area contributed by atoms with Crippen LogP contribution in [-0.2, 0) is 9.53 Å². The summed E-state index contributed by atoms with van der Waals surface area (Å²) < 4.78 is 20.1. The summed E-state index contributed by atoms with van der Waals surface area (Å²) in [5, 5.41) is 16.6. The molecular formula is C25H28FN5O2. The van der Waals surface area contributed by atoms with Crippen LogP contribution in [-0.4, -0.2) is 27.1 Å². The number of aromatic nitrogens is 2. The summed E-state index contributed by atoms with van der Waals surface area (Å²) in [6.07, 6.45) is 2.29. The summed E-state index contributed by atoms with van der Waals surface area (Å²) in [6.45, 7) is 9.13. The number of nitrogens with zero attached hydrogens (tertiary/aromatic N) is 3. The molecule has 172 valence electrons. The number of rotatable bonds is 7. The largest absolute Gasteiger partial charge is 0.460 e. The first kappa shape index (κ1) is 23.9. The van der Waals surface area contributed by atoms with Gasteiger partial charge in [0.1, 0.15) is 11.7 Å². The van der Waals surface area contributed by atoms with E-state index in [1.165, 1.54) is 0 Å². The highest BCUT2D eigenvalue weighted by molar-refractivity contribution is 5.83. The average Bonchev–Trinajstić information content (AvgIpc) is 2.73. The van der Waals surface area contributed by atoms with Crippen LogP contribution in [0.15, 0.2) is 42.6 Å². The van der Waals surface area contributed by atoms with Crippen molar-refractivity contribution in [3.05, 3.63) is 54.0 Å². The van der Waals surface area contributed by atoms with E-state index in [1.807, 2.05) is 71.0 Å². The topological polar surface area (TPSA) is 99.9 Å². The van der Waals surface area contributed by atoms with Gasteiger partial charge in [-0.15, -0.1) is 0 Å². The quantitative estimate of drug-likeness (QED) is 0.447. The predicted molar refractivity (Wildman–Crippen MR) is 127 cm³/mol. The molecule has 0 radical (unpaired) electrons. The molecule has 0 unspecified atom stereocenters. The van der Waals surface area contributed by atoms with Gasteiger partial charge in [0.05, 0.1) is 11.1 Å². The van der Waals surface area contributed by atoms with Crippen molar-refractivity contribution in [2.75, 3.05) is 10.6 Å². The van der Waals surface area contributed by atoms with Crippen LogP contribution in [0.1, 0.15) is 53.0 Å². The van der Waals surface area contributed by atoms with Gasteiger partial charge in [-0.25, -0.2) is 9.37 Å². The van der Waals surface area contributed by atoms with Crippen LogP contribution >= 0.6 is 0 Å².